The molecule has 3 N–H and O–H groups in total. The zero-order chi connectivity index (χ0) is 18.9. The molecule has 2 aliphatic carbocycles. The van der Waals surface area contributed by atoms with Crippen molar-refractivity contribution in [2.45, 2.75) is 87.7 Å². The second kappa shape index (κ2) is 7.56. The third-order valence-corrected chi connectivity index (χ3v) is 7.59. The topological polar surface area (TPSA) is 66.6 Å². The van der Waals surface area contributed by atoms with Crippen LogP contribution in [-0.2, 0) is 5.41 Å². The number of hydrogen-bond donors (Lipinski definition) is 2. The van der Waals surface area contributed by atoms with Crippen LogP contribution in [0.1, 0.15) is 86.6 Å². The normalized spacial score (nSPS) is 30.3. The molecule has 2 bridgehead atoms. The maximum absolute atomic E-state index is 11.6. The summed E-state index contributed by atoms with van der Waals surface area (Å²) in [6, 6.07) is 8.69. The van der Waals surface area contributed by atoms with E-state index in [4.69, 9.17) is 5.73 Å². The van der Waals surface area contributed by atoms with Gasteiger partial charge in [-0.1, -0.05) is 31.4 Å². The van der Waals surface area contributed by atoms with E-state index in [0.29, 0.717) is 11.6 Å². The lowest BCUT2D eigenvalue weighted by Crippen LogP contribution is -2.52. The summed E-state index contributed by atoms with van der Waals surface area (Å²) in [6.45, 7) is 2.24. The van der Waals surface area contributed by atoms with Crippen LogP contribution < -0.4 is 5.73 Å². The van der Waals surface area contributed by atoms with E-state index in [1.54, 1.807) is 0 Å². The third kappa shape index (κ3) is 3.93. The molecular weight excluding hydrogens is 336 g/mol. The molecule has 3 aliphatic rings. The Morgan fingerprint density at radius 2 is 2.00 bits per heavy atom. The summed E-state index contributed by atoms with van der Waals surface area (Å²) < 4.78 is 0. The van der Waals surface area contributed by atoms with Crippen molar-refractivity contribution in [1.29, 1.82) is 0 Å². The Hall–Kier alpha value is -1.39. The molecule has 1 heterocycles. The van der Waals surface area contributed by atoms with Crippen LogP contribution in [0.3, 0.4) is 0 Å². The van der Waals surface area contributed by atoms with Crippen molar-refractivity contribution < 1.29 is 9.90 Å². The number of rotatable bonds is 6. The molecule has 4 rings (SSSR count). The fraction of sp³-hybridized carbons (Fsp3) is 0.696. The number of aliphatic hydroxyl groups is 1. The largest absolute Gasteiger partial charge is 0.390 e. The third-order valence-electron chi connectivity index (χ3n) is 7.59. The van der Waals surface area contributed by atoms with Crippen LogP contribution in [-0.4, -0.2) is 40.6 Å². The summed E-state index contributed by atoms with van der Waals surface area (Å²) in [5.74, 6) is -0.331. The molecule has 2 unspecified atom stereocenters. The predicted molar refractivity (Wildman–Crippen MR) is 108 cm³/mol. The predicted octanol–water partition coefficient (Wildman–Crippen LogP) is 3.76. The van der Waals surface area contributed by atoms with E-state index in [2.05, 4.69) is 11.0 Å². The number of hydrogen-bond acceptors (Lipinski definition) is 3. The molecule has 148 valence electrons. The van der Waals surface area contributed by atoms with Gasteiger partial charge in [0, 0.05) is 11.6 Å². The van der Waals surface area contributed by atoms with Gasteiger partial charge in [0.1, 0.15) is 0 Å². The number of nitrogens with zero attached hydrogens (tertiary/aromatic N) is 1. The van der Waals surface area contributed by atoms with E-state index in [0.717, 1.165) is 45.2 Å². The molecule has 0 spiro atoms. The van der Waals surface area contributed by atoms with Gasteiger partial charge in [0.05, 0.1) is 5.60 Å². The van der Waals surface area contributed by atoms with Gasteiger partial charge in [0.25, 0.3) is 0 Å². The number of carbonyl (C=O) groups excluding carboxylic acids is 1. The number of nitrogens with two attached hydrogens (primary N) is 1. The molecule has 1 aromatic rings. The minimum absolute atomic E-state index is 0.217. The van der Waals surface area contributed by atoms with Crippen LogP contribution in [0, 0.1) is 0 Å². The first-order chi connectivity index (χ1) is 13.0. The van der Waals surface area contributed by atoms with Crippen LogP contribution in [0.2, 0.25) is 0 Å². The minimum atomic E-state index is -0.374. The van der Waals surface area contributed by atoms with E-state index >= 15 is 0 Å². The maximum Gasteiger partial charge on any atom is 0.248 e. The van der Waals surface area contributed by atoms with E-state index in [-0.39, 0.29) is 16.9 Å². The Morgan fingerprint density at radius 3 is 2.78 bits per heavy atom. The first-order valence-corrected chi connectivity index (χ1v) is 10.9. The van der Waals surface area contributed by atoms with Crippen LogP contribution in [0.25, 0.3) is 0 Å². The number of carbonyl (C=O) groups is 1. The van der Waals surface area contributed by atoms with Gasteiger partial charge in [-0.15, -0.1) is 0 Å². The lowest BCUT2D eigenvalue weighted by Gasteiger charge is -2.51. The molecule has 1 saturated heterocycles. The van der Waals surface area contributed by atoms with E-state index in [1.165, 1.54) is 44.1 Å². The molecule has 0 radical (unpaired) electrons. The van der Waals surface area contributed by atoms with Gasteiger partial charge in [-0.05, 0) is 87.6 Å². The van der Waals surface area contributed by atoms with Crippen molar-refractivity contribution >= 4 is 5.91 Å². The highest BCUT2D eigenvalue weighted by atomic mass is 16.3. The Bertz CT molecular complexity index is 683. The second-order valence-electron chi connectivity index (χ2n) is 9.30. The fourth-order valence-electron chi connectivity index (χ4n) is 6.01. The molecule has 3 fully saturated rings. The average molecular weight is 371 g/mol. The van der Waals surface area contributed by atoms with E-state index < -0.39 is 0 Å². The maximum atomic E-state index is 11.6. The van der Waals surface area contributed by atoms with Crippen LogP contribution in [0.5, 0.6) is 0 Å². The molecule has 0 aromatic heterocycles. The van der Waals surface area contributed by atoms with Gasteiger partial charge in [-0.3, -0.25) is 4.79 Å². The van der Waals surface area contributed by atoms with Crippen LogP contribution in [0.15, 0.2) is 24.3 Å². The number of fused-ring (bicyclic) bond motifs is 2. The first-order valence-electron chi connectivity index (χ1n) is 10.9. The lowest BCUT2D eigenvalue weighted by molar-refractivity contribution is 0.0198. The van der Waals surface area contributed by atoms with Gasteiger partial charge in [0.15, 0.2) is 0 Å². The highest BCUT2D eigenvalue weighted by Gasteiger charge is 2.43. The average Bonchev–Trinajstić information content (AvgIpc) is 3.11. The summed E-state index contributed by atoms with van der Waals surface area (Å²) in [5, 5.41) is 10.6. The van der Waals surface area contributed by atoms with E-state index in [1.807, 2.05) is 18.2 Å². The Kier molecular flexibility index (Phi) is 5.30. The van der Waals surface area contributed by atoms with Crippen molar-refractivity contribution in [1.82, 2.24) is 4.90 Å². The van der Waals surface area contributed by atoms with Crippen LogP contribution in [0.4, 0.5) is 0 Å². The molecule has 2 saturated carbocycles. The minimum Gasteiger partial charge on any atom is -0.390 e. The van der Waals surface area contributed by atoms with Gasteiger partial charge in [-0.25, -0.2) is 0 Å². The van der Waals surface area contributed by atoms with Crippen molar-refractivity contribution in [3.8, 4) is 0 Å². The summed E-state index contributed by atoms with van der Waals surface area (Å²) in [5.41, 5.74) is 7.30. The number of primary amides is 1. The van der Waals surface area contributed by atoms with Gasteiger partial charge in [0.2, 0.25) is 5.91 Å². The van der Waals surface area contributed by atoms with Crippen molar-refractivity contribution in [3.63, 3.8) is 0 Å². The monoisotopic (exact) mass is 370 g/mol. The molecule has 1 aromatic carbocycles. The molecule has 1 aliphatic heterocycles. The quantitative estimate of drug-likeness (QED) is 0.801. The van der Waals surface area contributed by atoms with Crippen molar-refractivity contribution in [3.05, 3.63) is 35.4 Å². The SMILES string of the molecule is NC(=O)c1cccc(C23CCCC(C2)N(CCCC2(O)CCCC2)CC3)c1. The second-order valence-corrected chi connectivity index (χ2v) is 9.30. The summed E-state index contributed by atoms with van der Waals surface area (Å²) >= 11 is 0. The number of piperidine rings is 1. The number of benzene rings is 1. The Morgan fingerprint density at radius 1 is 1.19 bits per heavy atom. The zero-order valence-electron chi connectivity index (χ0n) is 16.5. The highest BCUT2D eigenvalue weighted by Crippen LogP contribution is 2.47. The van der Waals surface area contributed by atoms with Gasteiger partial charge in [-0.2, -0.15) is 0 Å². The molecular formula is C23H34N2O2. The summed E-state index contributed by atoms with van der Waals surface area (Å²) in [6.07, 6.45) is 12.6. The molecule has 4 heteroatoms. The Labute approximate surface area is 163 Å². The smallest absolute Gasteiger partial charge is 0.248 e. The zero-order valence-corrected chi connectivity index (χ0v) is 16.5. The molecule has 2 atom stereocenters. The van der Waals surface area contributed by atoms with Crippen molar-refractivity contribution in [2.24, 2.45) is 5.73 Å². The lowest BCUT2D eigenvalue weighted by atomic mass is 9.63. The van der Waals surface area contributed by atoms with E-state index in [9.17, 15) is 9.90 Å². The standard InChI is InChI=1S/C23H34N2O2/c24-21(26)18-6-3-7-19(16-18)22-9-4-8-20(17-22)25(15-13-22)14-5-12-23(27)10-1-2-11-23/h3,6-7,16,20,27H,1-2,4-5,8-15,17H2,(H2,24,26). The highest BCUT2D eigenvalue weighted by molar-refractivity contribution is 5.92. The number of amides is 1. The molecule has 27 heavy (non-hydrogen) atoms. The van der Waals surface area contributed by atoms with Gasteiger partial charge < -0.3 is 15.7 Å². The molecule has 4 nitrogen and oxygen atoms in total. The summed E-state index contributed by atoms with van der Waals surface area (Å²) in [7, 11) is 0. The summed E-state index contributed by atoms with van der Waals surface area (Å²) in [4.78, 5) is 14.3. The Balaban J connectivity index is 1.40. The fourth-order valence-corrected chi connectivity index (χ4v) is 6.01. The van der Waals surface area contributed by atoms with Gasteiger partial charge >= 0.3 is 0 Å². The molecule has 1 amide bonds. The number of likely N-dealkylation sites (tertiary alicyclic amines) is 1. The van der Waals surface area contributed by atoms with Crippen molar-refractivity contribution in [2.75, 3.05) is 13.1 Å². The first kappa shape index (κ1) is 18.9. The van der Waals surface area contributed by atoms with Crippen LogP contribution >= 0.6 is 0 Å².